The van der Waals surface area contributed by atoms with Crippen molar-refractivity contribution >= 4 is 28.3 Å². The van der Waals surface area contributed by atoms with Crippen molar-refractivity contribution in [1.82, 2.24) is 0 Å². The molecule has 4 nitrogen and oxygen atoms in total. The predicted molar refractivity (Wildman–Crippen MR) is 132 cm³/mol. The monoisotopic (exact) mass is 444 g/mol. The topological polar surface area (TPSA) is 60.4 Å². The van der Waals surface area contributed by atoms with E-state index in [0.29, 0.717) is 22.3 Å². The first kappa shape index (κ1) is 24.4. The van der Waals surface area contributed by atoms with Crippen molar-refractivity contribution in [2.75, 3.05) is 6.61 Å². The van der Waals surface area contributed by atoms with E-state index in [9.17, 15) is 14.4 Å². The normalized spacial score (nSPS) is 14.6. The van der Waals surface area contributed by atoms with Gasteiger partial charge in [0, 0.05) is 16.7 Å². The summed E-state index contributed by atoms with van der Waals surface area (Å²) in [7, 11) is 0. The van der Waals surface area contributed by atoms with Gasteiger partial charge in [-0.1, -0.05) is 77.9 Å². The standard InChI is InChI=1S/C29H32O4/c1-8-33-27(32)24(25(30)20-14-13-18-11-9-10-12-19(18)15-20)21-16-22(28(2,3)4)26(31)23(17-21)29(5,6)7/h9-17H,8H2,1-7H3. The largest absolute Gasteiger partial charge is 0.462 e. The van der Waals surface area contributed by atoms with Crippen LogP contribution < -0.4 is 0 Å². The Balaban J connectivity index is 2.29. The van der Waals surface area contributed by atoms with Crippen LogP contribution in [0.2, 0.25) is 0 Å². The minimum Gasteiger partial charge on any atom is -0.462 e. The molecule has 0 radical (unpaired) electrons. The number of ketones is 2. The molecule has 172 valence electrons. The molecule has 2 aromatic carbocycles. The zero-order valence-corrected chi connectivity index (χ0v) is 20.5. The van der Waals surface area contributed by atoms with Crippen LogP contribution in [-0.4, -0.2) is 24.1 Å². The summed E-state index contributed by atoms with van der Waals surface area (Å²) in [5, 5.41) is 1.92. The molecular weight excluding hydrogens is 412 g/mol. The minimum atomic E-state index is -0.686. The van der Waals surface area contributed by atoms with E-state index in [0.717, 1.165) is 10.8 Å². The van der Waals surface area contributed by atoms with Gasteiger partial charge in [0.1, 0.15) is 5.57 Å². The summed E-state index contributed by atoms with van der Waals surface area (Å²) in [6.45, 7) is 13.6. The Bertz CT molecular complexity index is 1190. The molecule has 2 aromatic rings. The van der Waals surface area contributed by atoms with Crippen molar-refractivity contribution in [3.05, 3.63) is 82.5 Å². The second-order valence-electron chi connectivity index (χ2n) is 10.4. The summed E-state index contributed by atoms with van der Waals surface area (Å²) < 4.78 is 5.29. The first-order valence-corrected chi connectivity index (χ1v) is 11.3. The van der Waals surface area contributed by atoms with Gasteiger partial charge in [0.05, 0.1) is 6.61 Å². The Labute approximate surface area is 196 Å². The number of ether oxygens (including phenoxy) is 1. The highest BCUT2D eigenvalue weighted by molar-refractivity contribution is 6.26. The maximum Gasteiger partial charge on any atom is 0.342 e. The van der Waals surface area contributed by atoms with Crippen LogP contribution >= 0.6 is 0 Å². The SMILES string of the molecule is CCOC(=O)C(C(=O)c1ccc2ccccc2c1)=C1C=C(C(C)(C)C)C(=O)C(C(C)(C)C)=C1. The molecule has 0 atom stereocenters. The van der Waals surface area contributed by atoms with Crippen molar-refractivity contribution in [3.8, 4) is 0 Å². The molecule has 0 unspecified atom stereocenters. The van der Waals surface area contributed by atoms with Crippen LogP contribution in [0, 0.1) is 10.8 Å². The van der Waals surface area contributed by atoms with E-state index in [4.69, 9.17) is 4.74 Å². The van der Waals surface area contributed by atoms with E-state index < -0.39 is 22.6 Å². The number of hydrogen-bond donors (Lipinski definition) is 0. The first-order valence-electron chi connectivity index (χ1n) is 11.3. The maximum absolute atomic E-state index is 13.7. The van der Waals surface area contributed by atoms with Gasteiger partial charge in [-0.15, -0.1) is 0 Å². The molecule has 1 aliphatic carbocycles. The third kappa shape index (κ3) is 5.05. The number of esters is 1. The molecule has 0 aliphatic heterocycles. The molecule has 0 N–H and O–H groups in total. The van der Waals surface area contributed by atoms with Gasteiger partial charge in [0.25, 0.3) is 0 Å². The number of rotatable bonds is 4. The van der Waals surface area contributed by atoms with Gasteiger partial charge >= 0.3 is 5.97 Å². The second kappa shape index (κ2) is 8.93. The molecule has 4 heteroatoms. The fourth-order valence-electron chi connectivity index (χ4n) is 3.91. The number of carbonyl (C=O) groups excluding carboxylic acids is 3. The fraction of sp³-hybridized carbons (Fsp3) is 0.345. The predicted octanol–water partition coefficient (Wildman–Crippen LogP) is 6.41. The van der Waals surface area contributed by atoms with E-state index in [1.165, 1.54) is 0 Å². The van der Waals surface area contributed by atoms with Crippen LogP contribution in [0.3, 0.4) is 0 Å². The molecule has 3 rings (SSSR count). The highest BCUT2D eigenvalue weighted by Crippen LogP contribution is 2.40. The lowest BCUT2D eigenvalue weighted by atomic mass is 9.71. The van der Waals surface area contributed by atoms with E-state index in [-0.39, 0.29) is 18.0 Å². The minimum absolute atomic E-state index is 0.0527. The number of hydrogen-bond acceptors (Lipinski definition) is 4. The zero-order chi connectivity index (χ0) is 24.6. The molecule has 0 amide bonds. The molecule has 0 spiro atoms. The molecule has 0 saturated carbocycles. The van der Waals surface area contributed by atoms with Gasteiger partial charge < -0.3 is 4.74 Å². The Hall–Kier alpha value is -3.27. The van der Waals surface area contributed by atoms with Gasteiger partial charge in [-0.25, -0.2) is 4.79 Å². The summed E-state index contributed by atoms with van der Waals surface area (Å²) in [5.41, 5.74) is 0.982. The molecule has 0 saturated heterocycles. The lowest BCUT2D eigenvalue weighted by Crippen LogP contribution is -2.29. The van der Waals surface area contributed by atoms with Crippen LogP contribution in [0.15, 0.2) is 76.9 Å². The number of benzene rings is 2. The molecule has 0 bridgehead atoms. The first-order chi connectivity index (χ1) is 15.3. The number of allylic oxidation sites excluding steroid dienone is 5. The maximum atomic E-state index is 13.7. The summed E-state index contributed by atoms with van der Waals surface area (Å²) >= 11 is 0. The molecule has 33 heavy (non-hydrogen) atoms. The van der Waals surface area contributed by atoms with Crippen LogP contribution in [-0.2, 0) is 14.3 Å². The van der Waals surface area contributed by atoms with Gasteiger partial charge in [-0.2, -0.15) is 0 Å². The van der Waals surface area contributed by atoms with E-state index >= 15 is 0 Å². The van der Waals surface area contributed by atoms with Crippen molar-refractivity contribution in [1.29, 1.82) is 0 Å². The van der Waals surface area contributed by atoms with Crippen LogP contribution in [0.4, 0.5) is 0 Å². The van der Waals surface area contributed by atoms with Crippen LogP contribution in [0.5, 0.6) is 0 Å². The molecule has 0 aromatic heterocycles. The van der Waals surface area contributed by atoms with Crippen LogP contribution in [0.1, 0.15) is 58.8 Å². The Morgan fingerprint density at radius 2 is 1.36 bits per heavy atom. The number of fused-ring (bicyclic) bond motifs is 1. The Kier molecular flexibility index (Phi) is 6.60. The summed E-state index contributed by atoms with van der Waals surface area (Å²) in [6, 6.07) is 13.1. The Morgan fingerprint density at radius 1 is 0.818 bits per heavy atom. The van der Waals surface area contributed by atoms with Crippen molar-refractivity contribution in [2.45, 2.75) is 48.5 Å². The van der Waals surface area contributed by atoms with Crippen molar-refractivity contribution in [2.24, 2.45) is 10.8 Å². The third-order valence-corrected chi connectivity index (χ3v) is 5.71. The van der Waals surface area contributed by atoms with Gasteiger partial charge in [0.15, 0.2) is 5.78 Å². The van der Waals surface area contributed by atoms with Crippen LogP contribution in [0.25, 0.3) is 10.8 Å². The van der Waals surface area contributed by atoms with Gasteiger partial charge in [-0.3, -0.25) is 9.59 Å². The number of carbonyl (C=O) groups is 3. The molecule has 1 aliphatic rings. The van der Waals surface area contributed by atoms with E-state index in [1.807, 2.05) is 71.9 Å². The quantitative estimate of drug-likeness (QED) is 0.180. The van der Waals surface area contributed by atoms with E-state index in [1.54, 1.807) is 31.2 Å². The third-order valence-electron chi connectivity index (χ3n) is 5.71. The zero-order valence-electron chi connectivity index (χ0n) is 20.5. The Morgan fingerprint density at radius 3 is 1.88 bits per heavy atom. The highest BCUT2D eigenvalue weighted by Gasteiger charge is 2.36. The van der Waals surface area contributed by atoms with Crippen molar-refractivity contribution < 1.29 is 19.1 Å². The lowest BCUT2D eigenvalue weighted by Gasteiger charge is -2.31. The average Bonchev–Trinajstić information content (AvgIpc) is 2.73. The summed E-state index contributed by atoms with van der Waals surface area (Å²) in [4.78, 5) is 40.1. The van der Waals surface area contributed by atoms with E-state index in [2.05, 4.69) is 0 Å². The van der Waals surface area contributed by atoms with Gasteiger partial charge in [-0.05, 0) is 52.3 Å². The summed E-state index contributed by atoms with van der Waals surface area (Å²) in [6.07, 6.45) is 3.37. The smallest absolute Gasteiger partial charge is 0.342 e. The average molecular weight is 445 g/mol. The lowest BCUT2D eigenvalue weighted by molar-refractivity contribution is -0.138. The van der Waals surface area contributed by atoms with Crippen molar-refractivity contribution in [3.63, 3.8) is 0 Å². The molecular formula is C29H32O4. The fourth-order valence-corrected chi connectivity index (χ4v) is 3.91. The highest BCUT2D eigenvalue weighted by atomic mass is 16.5. The number of Topliss-reactive ketones (excluding diaryl/α,β-unsaturated/α-hetero) is 2. The van der Waals surface area contributed by atoms with Gasteiger partial charge in [0.2, 0.25) is 5.78 Å². The summed E-state index contributed by atoms with van der Waals surface area (Å²) in [5.74, 6) is -1.16. The second-order valence-corrected chi connectivity index (χ2v) is 10.4. The molecule has 0 heterocycles. The molecule has 0 fully saturated rings.